The Hall–Kier alpha value is -5.03. The van der Waals surface area contributed by atoms with E-state index in [9.17, 15) is 27.6 Å². The van der Waals surface area contributed by atoms with Gasteiger partial charge in [0.25, 0.3) is 11.8 Å². The fraction of sp³-hybridized carbons (Fsp3) is 0.565. The highest BCUT2D eigenvalue weighted by molar-refractivity contribution is 7.92. The number of hydrogen-bond acceptors (Lipinski definition) is 12. The number of anilines is 2. The van der Waals surface area contributed by atoms with Crippen LogP contribution in [0, 0.1) is 17.6 Å². The van der Waals surface area contributed by atoms with Crippen LogP contribution >= 0.6 is 0 Å². The van der Waals surface area contributed by atoms with Gasteiger partial charge in [0.05, 0.1) is 40.1 Å². The van der Waals surface area contributed by atoms with Crippen molar-refractivity contribution in [3.05, 3.63) is 64.9 Å². The summed E-state index contributed by atoms with van der Waals surface area (Å²) in [6.07, 6.45) is 8.68. The lowest BCUT2D eigenvalue weighted by molar-refractivity contribution is -0.136. The molecule has 2 aliphatic carbocycles. The summed E-state index contributed by atoms with van der Waals surface area (Å²) < 4.78 is 63.8. The van der Waals surface area contributed by atoms with Gasteiger partial charge in [-0.25, -0.2) is 27.2 Å². The van der Waals surface area contributed by atoms with Crippen LogP contribution in [0.1, 0.15) is 123 Å². The molecule has 3 aromatic rings. The molecule has 6 aliphatic rings. The number of amides is 4. The minimum absolute atomic E-state index is 0.0186. The van der Waals surface area contributed by atoms with E-state index in [1.165, 1.54) is 6.07 Å². The maximum Gasteiger partial charge on any atom is 0.262 e. The number of likely N-dealkylation sites (tertiary alicyclic amines) is 1. The van der Waals surface area contributed by atoms with Gasteiger partial charge in [0.2, 0.25) is 17.8 Å². The normalized spacial score (nSPS) is 26.1. The Bertz CT molecular complexity index is 2410. The molecule has 1 unspecified atom stereocenters. The lowest BCUT2D eigenvalue weighted by atomic mass is 9.78. The van der Waals surface area contributed by atoms with E-state index in [4.69, 9.17) is 4.74 Å². The number of halogens is 2. The van der Waals surface area contributed by atoms with Crippen LogP contribution in [0.15, 0.2) is 36.5 Å². The fourth-order valence-electron chi connectivity index (χ4n) is 10.8. The summed E-state index contributed by atoms with van der Waals surface area (Å²) in [4.78, 5) is 64.7. The molecule has 1 atom stereocenters. The molecule has 9 rings (SSSR count). The standard InChI is InChI=1S/C46H55F2N7O7S/c1-26(2)54-19-20-62-42-36(47)22-30(23-39(42)54)41-37(48)24-49-46(52-41)50-31-8-10-32(11-9-31)63(60,61)33-15-17-53(18-16-33)25-27-3-5-28(6-4-27)29-7-12-34-35(21-29)45(59)55(44(34)58)38-13-14-40(56)51-43(38)57/h7,12,21-24,26-28,31-33,38H,3-6,8-11,13-20,25H2,1-2H3,(H,49,50,52)(H,51,56,57). The van der Waals surface area contributed by atoms with Crippen molar-refractivity contribution in [3.8, 4) is 17.0 Å². The number of imide groups is 2. The number of hydrogen-bond donors (Lipinski definition) is 2. The second-order valence-corrected chi connectivity index (χ2v) is 21.0. The Morgan fingerprint density at radius 2 is 1.56 bits per heavy atom. The molecule has 5 heterocycles. The number of fused-ring (bicyclic) bond motifs is 2. The molecule has 336 valence electrons. The van der Waals surface area contributed by atoms with E-state index in [2.05, 4.69) is 25.5 Å². The van der Waals surface area contributed by atoms with Gasteiger partial charge in [-0.15, -0.1) is 0 Å². The Morgan fingerprint density at radius 3 is 2.27 bits per heavy atom. The monoisotopic (exact) mass is 887 g/mol. The molecule has 2 N–H and O–H groups in total. The van der Waals surface area contributed by atoms with E-state index in [1.807, 2.05) is 30.9 Å². The van der Waals surface area contributed by atoms with E-state index >= 15 is 8.78 Å². The predicted molar refractivity (Wildman–Crippen MR) is 231 cm³/mol. The number of nitrogens with one attached hydrogen (secondary N) is 2. The SMILES string of the molecule is CC(C)N1CCOc2c(F)cc(-c3nc(NC4CCC(S(=O)(=O)C5CCN(CC6CCC(c7ccc8c(c7)C(=O)N(C7CCC(=O)NC7=O)C8=O)CC6)CC5)CC4)ncc3F)cc21. The van der Waals surface area contributed by atoms with E-state index < -0.39 is 56.4 Å². The second kappa shape index (κ2) is 17.5. The predicted octanol–water partition coefficient (Wildman–Crippen LogP) is 6.01. The number of ether oxygens (including phenoxy) is 1. The largest absolute Gasteiger partial charge is 0.486 e. The van der Waals surface area contributed by atoms with Gasteiger partial charge in [-0.1, -0.05) is 6.07 Å². The van der Waals surface area contributed by atoms with E-state index in [1.54, 1.807) is 12.1 Å². The van der Waals surface area contributed by atoms with E-state index in [0.717, 1.165) is 62.0 Å². The second-order valence-electron chi connectivity index (χ2n) is 18.5. The quantitative estimate of drug-likeness (QED) is 0.228. The van der Waals surface area contributed by atoms with Gasteiger partial charge in [-0.3, -0.25) is 29.4 Å². The van der Waals surface area contributed by atoms with Gasteiger partial charge in [0.15, 0.2) is 27.2 Å². The first-order valence-electron chi connectivity index (χ1n) is 22.6. The van der Waals surface area contributed by atoms with E-state index in [0.29, 0.717) is 74.4 Å². The Labute approximate surface area is 366 Å². The average molecular weight is 888 g/mol. The molecule has 14 nitrogen and oxygen atoms in total. The molecule has 4 fully saturated rings. The number of sulfone groups is 1. The topological polar surface area (TPSA) is 171 Å². The highest BCUT2D eigenvalue weighted by Crippen LogP contribution is 2.41. The summed E-state index contributed by atoms with van der Waals surface area (Å²) >= 11 is 0. The van der Waals surface area contributed by atoms with Crippen molar-refractivity contribution in [1.82, 2.24) is 25.1 Å². The number of aromatic nitrogens is 2. The molecule has 1 aromatic heterocycles. The molecule has 0 radical (unpaired) electrons. The number of piperidine rings is 2. The first-order chi connectivity index (χ1) is 30.2. The summed E-state index contributed by atoms with van der Waals surface area (Å²) in [6, 6.07) is 7.39. The van der Waals surface area contributed by atoms with Crippen LogP contribution in [-0.2, 0) is 19.4 Å². The molecular formula is C46H55F2N7O7S. The average Bonchev–Trinajstić information content (AvgIpc) is 3.52. The van der Waals surface area contributed by atoms with Gasteiger partial charge >= 0.3 is 0 Å². The molecule has 2 saturated heterocycles. The number of carbonyl (C=O) groups excluding carboxylic acids is 4. The minimum atomic E-state index is -3.34. The molecule has 4 aliphatic heterocycles. The third-order valence-electron chi connectivity index (χ3n) is 14.3. The lowest BCUT2D eigenvalue weighted by Gasteiger charge is -2.38. The van der Waals surface area contributed by atoms with Crippen molar-refractivity contribution in [2.75, 3.05) is 43.0 Å². The van der Waals surface area contributed by atoms with Crippen molar-refractivity contribution in [2.24, 2.45) is 5.92 Å². The summed E-state index contributed by atoms with van der Waals surface area (Å²) in [6.45, 7) is 7.37. The first-order valence-corrected chi connectivity index (χ1v) is 24.2. The summed E-state index contributed by atoms with van der Waals surface area (Å²) in [5, 5.41) is 4.75. The first kappa shape index (κ1) is 43.2. The van der Waals surface area contributed by atoms with Crippen LogP contribution in [0.2, 0.25) is 0 Å². The number of nitrogens with zero attached hydrogens (tertiary/aromatic N) is 5. The molecule has 4 amide bonds. The van der Waals surface area contributed by atoms with Gasteiger partial charge in [0, 0.05) is 30.6 Å². The Balaban J connectivity index is 0.734. The number of rotatable bonds is 10. The van der Waals surface area contributed by atoms with Crippen LogP contribution in [-0.4, -0.2) is 113 Å². The molecule has 0 bridgehead atoms. The third-order valence-corrected chi connectivity index (χ3v) is 17.1. The van der Waals surface area contributed by atoms with Crippen molar-refractivity contribution in [1.29, 1.82) is 0 Å². The van der Waals surface area contributed by atoms with Gasteiger partial charge in [-0.2, -0.15) is 0 Å². The molecule has 2 aromatic carbocycles. The van der Waals surface area contributed by atoms with Crippen LogP contribution in [0.4, 0.5) is 20.4 Å². The zero-order valence-electron chi connectivity index (χ0n) is 35.8. The van der Waals surface area contributed by atoms with Crippen molar-refractivity contribution < 1.29 is 41.1 Å². The summed E-state index contributed by atoms with van der Waals surface area (Å²) in [7, 11) is -3.34. The molecule has 2 saturated carbocycles. The highest BCUT2D eigenvalue weighted by atomic mass is 32.2. The van der Waals surface area contributed by atoms with Crippen LogP contribution in [0.5, 0.6) is 5.75 Å². The number of carbonyl (C=O) groups is 4. The van der Waals surface area contributed by atoms with Gasteiger partial charge in [0.1, 0.15) is 18.3 Å². The van der Waals surface area contributed by atoms with Crippen molar-refractivity contribution >= 4 is 45.1 Å². The third kappa shape index (κ3) is 8.54. The summed E-state index contributed by atoms with van der Waals surface area (Å²) in [5.74, 6) is -2.16. The molecule has 0 spiro atoms. The Morgan fingerprint density at radius 1 is 0.841 bits per heavy atom. The molecule has 17 heteroatoms. The Kier molecular flexibility index (Phi) is 12.0. The summed E-state index contributed by atoms with van der Waals surface area (Å²) in [5.41, 5.74) is 2.45. The minimum Gasteiger partial charge on any atom is -0.486 e. The van der Waals surface area contributed by atoms with E-state index in [-0.39, 0.29) is 59.0 Å². The zero-order valence-corrected chi connectivity index (χ0v) is 36.6. The van der Waals surface area contributed by atoms with Crippen LogP contribution in [0.3, 0.4) is 0 Å². The maximum absolute atomic E-state index is 15.2. The fourth-order valence-corrected chi connectivity index (χ4v) is 13.2. The van der Waals surface area contributed by atoms with Crippen molar-refractivity contribution in [2.45, 2.75) is 125 Å². The number of benzene rings is 2. The van der Waals surface area contributed by atoms with Crippen LogP contribution < -0.4 is 20.3 Å². The van der Waals surface area contributed by atoms with Crippen LogP contribution in [0.25, 0.3) is 11.3 Å². The highest BCUT2D eigenvalue weighted by Gasteiger charge is 2.45. The molecule has 63 heavy (non-hydrogen) atoms. The van der Waals surface area contributed by atoms with Gasteiger partial charge in [-0.05, 0) is 139 Å². The van der Waals surface area contributed by atoms with Gasteiger partial charge < -0.3 is 19.9 Å². The molecular weight excluding hydrogens is 833 g/mol. The van der Waals surface area contributed by atoms with Crippen molar-refractivity contribution in [3.63, 3.8) is 0 Å². The maximum atomic E-state index is 15.2. The lowest BCUT2D eigenvalue weighted by Crippen LogP contribution is -2.54. The smallest absolute Gasteiger partial charge is 0.262 e. The zero-order chi connectivity index (χ0) is 44.2.